The lowest BCUT2D eigenvalue weighted by Gasteiger charge is -2.27. The first kappa shape index (κ1) is 19.7. The van der Waals surface area contributed by atoms with E-state index >= 15 is 0 Å². The summed E-state index contributed by atoms with van der Waals surface area (Å²) in [4.78, 5) is 27.1. The molecule has 0 radical (unpaired) electrons. The topological polar surface area (TPSA) is 49.4 Å². The molecule has 0 saturated carbocycles. The van der Waals surface area contributed by atoms with Gasteiger partial charge in [0.1, 0.15) is 6.04 Å². The van der Waals surface area contributed by atoms with Gasteiger partial charge in [-0.1, -0.05) is 63.2 Å². The molecule has 1 N–H and O–H groups in total. The lowest BCUT2D eigenvalue weighted by atomic mass is 10.0. The molecule has 1 atom stereocenters. The SMILES string of the molecule is CCc1ccc(C(=O)N[C@@H](C(=O)N(C)Cc2ccccc2)C(C)C)cc1. The van der Waals surface area contributed by atoms with Crippen LogP contribution in [0.1, 0.15) is 42.3 Å². The molecule has 0 aromatic heterocycles. The number of hydrogen-bond donors (Lipinski definition) is 1. The first-order valence-corrected chi connectivity index (χ1v) is 9.11. The monoisotopic (exact) mass is 352 g/mol. The van der Waals surface area contributed by atoms with Crippen molar-refractivity contribution < 1.29 is 9.59 Å². The van der Waals surface area contributed by atoms with Crippen LogP contribution in [0.3, 0.4) is 0 Å². The van der Waals surface area contributed by atoms with Gasteiger partial charge in [0, 0.05) is 19.2 Å². The van der Waals surface area contributed by atoms with Crippen LogP contribution in [0, 0.1) is 5.92 Å². The molecule has 0 bridgehead atoms. The van der Waals surface area contributed by atoms with Gasteiger partial charge in [-0.25, -0.2) is 0 Å². The highest BCUT2D eigenvalue weighted by Crippen LogP contribution is 2.11. The van der Waals surface area contributed by atoms with Gasteiger partial charge in [-0.2, -0.15) is 0 Å². The maximum Gasteiger partial charge on any atom is 0.251 e. The maximum atomic E-state index is 12.9. The van der Waals surface area contributed by atoms with Gasteiger partial charge in [0.05, 0.1) is 0 Å². The van der Waals surface area contributed by atoms with E-state index in [1.165, 1.54) is 5.56 Å². The molecule has 26 heavy (non-hydrogen) atoms. The molecular weight excluding hydrogens is 324 g/mol. The largest absolute Gasteiger partial charge is 0.340 e. The molecule has 0 fully saturated rings. The van der Waals surface area contributed by atoms with Gasteiger partial charge >= 0.3 is 0 Å². The van der Waals surface area contributed by atoms with Crippen LogP contribution in [-0.4, -0.2) is 29.8 Å². The fourth-order valence-corrected chi connectivity index (χ4v) is 2.80. The summed E-state index contributed by atoms with van der Waals surface area (Å²) in [6, 6.07) is 16.8. The number of carbonyl (C=O) groups excluding carboxylic acids is 2. The van der Waals surface area contributed by atoms with Crippen LogP contribution in [0.15, 0.2) is 54.6 Å². The van der Waals surface area contributed by atoms with E-state index in [1.807, 2.05) is 68.4 Å². The minimum absolute atomic E-state index is 0.000381. The quantitative estimate of drug-likeness (QED) is 0.827. The third kappa shape index (κ3) is 5.19. The summed E-state index contributed by atoms with van der Waals surface area (Å²) in [5, 5.41) is 2.91. The van der Waals surface area contributed by atoms with Gasteiger partial charge in [-0.3, -0.25) is 9.59 Å². The van der Waals surface area contributed by atoms with E-state index in [0.29, 0.717) is 12.1 Å². The summed E-state index contributed by atoms with van der Waals surface area (Å²) in [7, 11) is 1.77. The molecule has 0 aliphatic heterocycles. The summed E-state index contributed by atoms with van der Waals surface area (Å²) in [5.41, 5.74) is 2.82. The van der Waals surface area contributed by atoms with Crippen molar-refractivity contribution in [3.05, 3.63) is 71.3 Å². The van der Waals surface area contributed by atoms with Crippen LogP contribution in [0.4, 0.5) is 0 Å². The fraction of sp³-hybridized carbons (Fsp3) is 0.364. The van der Waals surface area contributed by atoms with Gasteiger partial charge < -0.3 is 10.2 Å². The number of nitrogens with one attached hydrogen (secondary N) is 1. The van der Waals surface area contributed by atoms with Crippen LogP contribution in [0.25, 0.3) is 0 Å². The van der Waals surface area contributed by atoms with Gasteiger partial charge in [-0.15, -0.1) is 0 Å². The number of benzene rings is 2. The summed E-state index contributed by atoms with van der Waals surface area (Å²) < 4.78 is 0. The van der Waals surface area contributed by atoms with Crippen molar-refractivity contribution >= 4 is 11.8 Å². The highest BCUT2D eigenvalue weighted by Gasteiger charge is 2.27. The first-order chi connectivity index (χ1) is 12.4. The normalized spacial score (nSPS) is 11.9. The van der Waals surface area contributed by atoms with Crippen molar-refractivity contribution in [3.63, 3.8) is 0 Å². The Balaban J connectivity index is 2.06. The predicted octanol–water partition coefficient (Wildman–Crippen LogP) is 3.66. The summed E-state index contributed by atoms with van der Waals surface area (Å²) >= 11 is 0. The Hall–Kier alpha value is -2.62. The molecule has 2 amide bonds. The highest BCUT2D eigenvalue weighted by molar-refractivity contribution is 5.97. The van der Waals surface area contributed by atoms with Crippen LogP contribution in [0.5, 0.6) is 0 Å². The van der Waals surface area contributed by atoms with Crippen molar-refractivity contribution in [1.29, 1.82) is 0 Å². The van der Waals surface area contributed by atoms with Crippen molar-refractivity contribution in [3.8, 4) is 0 Å². The Bertz CT molecular complexity index is 724. The van der Waals surface area contributed by atoms with Crippen molar-refractivity contribution in [2.75, 3.05) is 7.05 Å². The van der Waals surface area contributed by atoms with Crippen LogP contribution < -0.4 is 5.32 Å². The summed E-state index contributed by atoms with van der Waals surface area (Å²) in [6.45, 7) is 6.48. The number of likely N-dealkylation sites (N-methyl/N-ethyl adjacent to an activating group) is 1. The van der Waals surface area contributed by atoms with E-state index in [2.05, 4.69) is 12.2 Å². The number of rotatable bonds is 7. The van der Waals surface area contributed by atoms with Gasteiger partial charge in [0.2, 0.25) is 5.91 Å². The average Bonchev–Trinajstić information content (AvgIpc) is 2.66. The van der Waals surface area contributed by atoms with Gasteiger partial charge in [0.25, 0.3) is 5.91 Å². The molecule has 138 valence electrons. The van der Waals surface area contributed by atoms with Crippen molar-refractivity contribution in [2.45, 2.75) is 39.8 Å². The van der Waals surface area contributed by atoms with E-state index < -0.39 is 6.04 Å². The van der Waals surface area contributed by atoms with E-state index in [9.17, 15) is 9.59 Å². The second-order valence-corrected chi connectivity index (χ2v) is 6.93. The Morgan fingerprint density at radius 3 is 2.12 bits per heavy atom. The number of nitrogens with zero attached hydrogens (tertiary/aromatic N) is 1. The van der Waals surface area contributed by atoms with Gasteiger partial charge in [-0.05, 0) is 35.6 Å². The van der Waals surface area contributed by atoms with Crippen molar-refractivity contribution in [2.24, 2.45) is 5.92 Å². The molecule has 0 heterocycles. The van der Waals surface area contributed by atoms with Crippen molar-refractivity contribution in [1.82, 2.24) is 10.2 Å². The predicted molar refractivity (Wildman–Crippen MR) is 105 cm³/mol. The zero-order valence-corrected chi connectivity index (χ0v) is 16.0. The Morgan fingerprint density at radius 1 is 0.962 bits per heavy atom. The maximum absolute atomic E-state index is 12.9. The minimum Gasteiger partial charge on any atom is -0.340 e. The average molecular weight is 352 g/mol. The Kier molecular flexibility index (Phi) is 6.96. The number of hydrogen-bond acceptors (Lipinski definition) is 2. The molecular formula is C22H28N2O2. The molecule has 0 aliphatic rings. The highest BCUT2D eigenvalue weighted by atomic mass is 16.2. The third-order valence-electron chi connectivity index (χ3n) is 4.48. The Labute approximate surface area is 156 Å². The molecule has 4 nitrogen and oxygen atoms in total. The smallest absolute Gasteiger partial charge is 0.251 e. The third-order valence-corrected chi connectivity index (χ3v) is 4.48. The Morgan fingerprint density at radius 2 is 1.58 bits per heavy atom. The second kappa shape index (κ2) is 9.18. The van der Waals surface area contributed by atoms with Crippen LogP contribution in [-0.2, 0) is 17.8 Å². The zero-order valence-electron chi connectivity index (χ0n) is 16.0. The number of amides is 2. The van der Waals surface area contributed by atoms with Crippen LogP contribution in [0.2, 0.25) is 0 Å². The summed E-state index contributed by atoms with van der Waals surface area (Å²) in [5.74, 6) is -0.296. The molecule has 2 rings (SSSR count). The molecule has 0 unspecified atom stereocenters. The van der Waals surface area contributed by atoms with E-state index in [1.54, 1.807) is 11.9 Å². The van der Waals surface area contributed by atoms with E-state index in [-0.39, 0.29) is 17.7 Å². The van der Waals surface area contributed by atoms with Crippen LogP contribution >= 0.6 is 0 Å². The molecule has 0 aliphatic carbocycles. The minimum atomic E-state index is -0.554. The first-order valence-electron chi connectivity index (χ1n) is 9.11. The molecule has 2 aromatic carbocycles. The molecule has 4 heteroatoms. The second-order valence-electron chi connectivity index (χ2n) is 6.93. The number of aryl methyl sites for hydroxylation is 1. The molecule has 0 saturated heterocycles. The zero-order chi connectivity index (χ0) is 19.1. The standard InChI is InChI=1S/C22H28N2O2/c1-5-17-11-13-19(14-12-17)21(25)23-20(16(2)3)22(26)24(4)15-18-9-7-6-8-10-18/h6-14,16,20H,5,15H2,1-4H3,(H,23,25)/t20-/m1/s1. The molecule has 0 spiro atoms. The lowest BCUT2D eigenvalue weighted by Crippen LogP contribution is -2.50. The van der Waals surface area contributed by atoms with E-state index in [4.69, 9.17) is 0 Å². The summed E-state index contributed by atoms with van der Waals surface area (Å²) in [6.07, 6.45) is 0.930. The molecule has 2 aromatic rings. The number of carbonyl (C=O) groups is 2. The fourth-order valence-electron chi connectivity index (χ4n) is 2.80. The van der Waals surface area contributed by atoms with Gasteiger partial charge in [0.15, 0.2) is 0 Å². The lowest BCUT2D eigenvalue weighted by molar-refractivity contribution is -0.133. The van der Waals surface area contributed by atoms with E-state index in [0.717, 1.165) is 12.0 Å².